The van der Waals surface area contributed by atoms with Gasteiger partial charge in [0.15, 0.2) is 10.8 Å². The molecule has 138 valence electrons. The Hall–Kier alpha value is -2.87. The minimum atomic E-state index is -1.67. The lowest BCUT2D eigenvalue weighted by atomic mass is 9.53. The van der Waals surface area contributed by atoms with E-state index in [0.29, 0.717) is 6.42 Å². The molecule has 1 aromatic rings. The van der Waals surface area contributed by atoms with Crippen molar-refractivity contribution in [3.05, 3.63) is 47.2 Å². The third kappa shape index (κ3) is 1.78. The highest BCUT2D eigenvalue weighted by Gasteiger charge is 2.79. The van der Waals surface area contributed by atoms with Gasteiger partial charge < -0.3 is 20.5 Å². The zero-order valence-electron chi connectivity index (χ0n) is 15.3. The largest absolute Gasteiger partial charge is 0.386 e. The molecule has 3 N–H and O–H groups in total. The molecular weight excluding hydrogens is 342 g/mol. The molecule has 0 saturated carbocycles. The molecule has 2 aliphatic heterocycles. The highest BCUT2D eigenvalue weighted by Crippen LogP contribution is 2.67. The van der Waals surface area contributed by atoms with Crippen molar-refractivity contribution in [2.45, 2.75) is 31.2 Å². The van der Waals surface area contributed by atoms with Gasteiger partial charge in [-0.2, -0.15) is 10.5 Å². The van der Waals surface area contributed by atoms with Crippen LogP contribution in [0.2, 0.25) is 0 Å². The Labute approximate surface area is 158 Å². The summed E-state index contributed by atoms with van der Waals surface area (Å²) in [6, 6.07) is 13.8. The van der Waals surface area contributed by atoms with Gasteiger partial charge in [-0.3, -0.25) is 0 Å². The number of hydrogen-bond donors (Lipinski definition) is 2. The number of amidine groups is 1. The molecule has 0 radical (unpaired) electrons. The van der Waals surface area contributed by atoms with Crippen LogP contribution in [0.1, 0.15) is 30.9 Å². The number of fused-ring (bicyclic) bond motifs is 2. The van der Waals surface area contributed by atoms with Gasteiger partial charge in [-0.1, -0.05) is 30.3 Å². The van der Waals surface area contributed by atoms with Gasteiger partial charge in [0.1, 0.15) is 5.84 Å². The fourth-order valence-corrected chi connectivity index (χ4v) is 5.06. The summed E-state index contributed by atoms with van der Waals surface area (Å²) in [5, 5.41) is 24.5. The zero-order valence-corrected chi connectivity index (χ0v) is 15.3. The second kappa shape index (κ2) is 5.82. The van der Waals surface area contributed by atoms with E-state index in [2.05, 4.69) is 22.4 Å². The van der Waals surface area contributed by atoms with Crippen LogP contribution >= 0.6 is 0 Å². The molecule has 0 amide bonds. The summed E-state index contributed by atoms with van der Waals surface area (Å²) in [4.78, 5) is 4.45. The van der Waals surface area contributed by atoms with Crippen LogP contribution in [-0.2, 0) is 9.47 Å². The minimum absolute atomic E-state index is 0.0510. The maximum absolute atomic E-state index is 10.5. The average Bonchev–Trinajstić information content (AvgIpc) is 3.27. The number of methoxy groups -OCH3 is 2. The molecule has 0 saturated heterocycles. The van der Waals surface area contributed by atoms with E-state index < -0.39 is 22.8 Å². The van der Waals surface area contributed by atoms with Crippen molar-refractivity contribution >= 4 is 5.84 Å². The molecule has 3 atom stereocenters. The number of ether oxygens (including phenoxy) is 2. The summed E-state index contributed by atoms with van der Waals surface area (Å²) in [7, 11) is 2.86. The van der Waals surface area contributed by atoms with Crippen molar-refractivity contribution < 1.29 is 9.47 Å². The van der Waals surface area contributed by atoms with E-state index in [0.717, 1.165) is 29.7 Å². The molecule has 0 fully saturated rings. The van der Waals surface area contributed by atoms with Gasteiger partial charge in [-0.15, -0.1) is 0 Å². The quantitative estimate of drug-likeness (QED) is 0.795. The van der Waals surface area contributed by atoms with E-state index in [4.69, 9.17) is 15.2 Å². The fourth-order valence-electron chi connectivity index (χ4n) is 5.06. The number of aliphatic imine (C=N–C) groups is 1. The summed E-state index contributed by atoms with van der Waals surface area (Å²) in [6.45, 7) is 0. The maximum atomic E-state index is 10.5. The molecule has 1 aliphatic carbocycles. The van der Waals surface area contributed by atoms with Crippen molar-refractivity contribution in [3.63, 3.8) is 0 Å². The molecule has 2 heterocycles. The molecule has 27 heavy (non-hydrogen) atoms. The van der Waals surface area contributed by atoms with Crippen molar-refractivity contribution in [2.75, 3.05) is 14.2 Å². The number of nitriles is 2. The molecule has 0 bridgehead atoms. The molecule has 7 nitrogen and oxygen atoms in total. The zero-order chi connectivity index (χ0) is 19.3. The Morgan fingerprint density at radius 3 is 2.44 bits per heavy atom. The highest BCUT2D eigenvalue weighted by atomic mass is 16.7. The van der Waals surface area contributed by atoms with Crippen molar-refractivity contribution in [2.24, 2.45) is 21.6 Å². The predicted octanol–water partition coefficient (Wildman–Crippen LogP) is 2.11. The SMILES string of the molecule is COC1(OC)N=C(N)[C@@]2(C#N)[C@@H](c3ccccc3)NC3=C(CCC3)[C@@]12C#N. The second-order valence-electron chi connectivity index (χ2n) is 7.07. The standard InChI is InChI=1S/C20H21N5O2/c1-26-20(27-2)19(12-22)14-9-6-10-15(14)24-16(13-7-4-3-5-8-13)18(19,11-21)17(23)25-20/h3-5,7-8,16,24H,6,9-10H2,1-2H3,(H2,23,25)/t16-,18-,19-/m1/s1. The first-order valence-electron chi connectivity index (χ1n) is 8.89. The van der Waals surface area contributed by atoms with Crippen molar-refractivity contribution in [3.8, 4) is 12.1 Å². The van der Waals surface area contributed by atoms with Crippen LogP contribution in [0.4, 0.5) is 0 Å². The van der Waals surface area contributed by atoms with Gasteiger partial charge in [-0.25, -0.2) is 4.99 Å². The number of nitrogens with one attached hydrogen (secondary N) is 1. The monoisotopic (exact) mass is 363 g/mol. The number of nitrogens with two attached hydrogens (primary N) is 1. The van der Waals surface area contributed by atoms with Gasteiger partial charge in [0.2, 0.25) is 0 Å². The first kappa shape index (κ1) is 17.5. The summed E-state index contributed by atoms with van der Waals surface area (Å²) >= 11 is 0. The molecule has 3 aliphatic rings. The molecule has 0 unspecified atom stereocenters. The van der Waals surface area contributed by atoms with E-state index in [1.54, 1.807) is 0 Å². The van der Waals surface area contributed by atoms with Gasteiger partial charge in [0.05, 0.1) is 18.2 Å². The van der Waals surface area contributed by atoms with Crippen LogP contribution < -0.4 is 11.1 Å². The number of nitrogens with zero attached hydrogens (tertiary/aromatic N) is 3. The lowest BCUT2D eigenvalue weighted by Crippen LogP contribution is -2.63. The Morgan fingerprint density at radius 2 is 1.85 bits per heavy atom. The lowest BCUT2D eigenvalue weighted by molar-refractivity contribution is -0.253. The van der Waals surface area contributed by atoms with Gasteiger partial charge in [0, 0.05) is 19.9 Å². The van der Waals surface area contributed by atoms with Gasteiger partial charge >= 0.3 is 0 Å². The molecule has 1 aromatic carbocycles. The van der Waals surface area contributed by atoms with E-state index in [9.17, 15) is 10.5 Å². The minimum Gasteiger partial charge on any atom is -0.386 e. The summed E-state index contributed by atoms with van der Waals surface area (Å²) in [5.74, 6) is -1.61. The van der Waals surface area contributed by atoms with E-state index >= 15 is 0 Å². The maximum Gasteiger partial charge on any atom is 0.296 e. The average molecular weight is 363 g/mol. The number of hydrogen-bond acceptors (Lipinski definition) is 7. The number of rotatable bonds is 3. The second-order valence-corrected chi connectivity index (χ2v) is 7.07. The summed E-state index contributed by atoms with van der Waals surface area (Å²) in [6.07, 6.45) is 2.35. The van der Waals surface area contributed by atoms with E-state index in [-0.39, 0.29) is 5.84 Å². The van der Waals surface area contributed by atoms with Crippen LogP contribution in [0, 0.1) is 33.5 Å². The molecule has 0 spiro atoms. The first-order chi connectivity index (χ1) is 13.1. The number of allylic oxidation sites excluding steroid dienone is 1. The molecule has 7 heteroatoms. The summed E-state index contributed by atoms with van der Waals surface area (Å²) < 4.78 is 11.4. The topological polar surface area (TPSA) is 116 Å². The van der Waals surface area contributed by atoms with Crippen LogP contribution in [0.3, 0.4) is 0 Å². The van der Waals surface area contributed by atoms with E-state index in [1.165, 1.54) is 14.2 Å². The third-order valence-corrected chi connectivity index (χ3v) is 6.19. The Balaban J connectivity index is 2.10. The first-order valence-corrected chi connectivity index (χ1v) is 8.89. The Kier molecular flexibility index (Phi) is 3.78. The van der Waals surface area contributed by atoms with E-state index in [1.807, 2.05) is 30.3 Å². The van der Waals surface area contributed by atoms with Crippen LogP contribution in [0.25, 0.3) is 0 Å². The van der Waals surface area contributed by atoms with Gasteiger partial charge in [0.25, 0.3) is 5.91 Å². The van der Waals surface area contributed by atoms with Gasteiger partial charge in [-0.05, 0) is 30.4 Å². The van der Waals surface area contributed by atoms with Crippen LogP contribution in [0.5, 0.6) is 0 Å². The molecule has 4 rings (SSSR count). The van der Waals surface area contributed by atoms with Crippen molar-refractivity contribution in [1.29, 1.82) is 10.5 Å². The molecular formula is C20H21N5O2. The highest BCUT2D eigenvalue weighted by molar-refractivity contribution is 5.96. The Morgan fingerprint density at radius 1 is 1.15 bits per heavy atom. The molecule has 0 aromatic heterocycles. The van der Waals surface area contributed by atoms with Crippen molar-refractivity contribution in [1.82, 2.24) is 5.32 Å². The Bertz CT molecular complexity index is 922. The predicted molar refractivity (Wildman–Crippen MR) is 97.7 cm³/mol. The smallest absolute Gasteiger partial charge is 0.296 e. The van der Waals surface area contributed by atoms with Crippen LogP contribution in [-0.4, -0.2) is 26.0 Å². The number of benzene rings is 1. The lowest BCUT2D eigenvalue weighted by Gasteiger charge is -2.51. The van der Waals surface area contributed by atoms with Crippen LogP contribution in [0.15, 0.2) is 46.6 Å². The fraction of sp³-hybridized carbons (Fsp3) is 0.450. The summed E-state index contributed by atoms with van der Waals surface area (Å²) in [5.41, 5.74) is 6.08. The normalized spacial score (nSPS) is 33.3. The third-order valence-electron chi connectivity index (χ3n) is 6.19.